The van der Waals surface area contributed by atoms with Gasteiger partial charge in [0, 0.05) is 23.5 Å². The number of fused-ring (bicyclic) bond motifs is 3. The minimum Gasteiger partial charge on any atom is -0.507 e. The number of para-hydroxylation sites is 2. The van der Waals surface area contributed by atoms with E-state index in [1.165, 1.54) is 5.56 Å². The Bertz CT molecular complexity index is 769. The van der Waals surface area contributed by atoms with Crippen molar-refractivity contribution in [3.05, 3.63) is 59.7 Å². The summed E-state index contributed by atoms with van der Waals surface area (Å²) in [6.07, 6.45) is 0.694. The summed E-state index contributed by atoms with van der Waals surface area (Å²) in [7, 11) is 0. The molecule has 0 spiro atoms. The number of benzene rings is 2. The Morgan fingerprint density at radius 1 is 1.13 bits per heavy atom. The predicted molar refractivity (Wildman–Crippen MR) is 89.5 cm³/mol. The van der Waals surface area contributed by atoms with Gasteiger partial charge in [-0.25, -0.2) is 5.01 Å². The molecular weight excluding hydrogens is 288 g/mol. The molecule has 118 valence electrons. The van der Waals surface area contributed by atoms with E-state index >= 15 is 0 Å². The highest BCUT2D eigenvalue weighted by atomic mass is 16.5. The molecule has 0 radical (unpaired) electrons. The normalized spacial score (nSPS) is 22.4. The van der Waals surface area contributed by atoms with Crippen LogP contribution in [0.5, 0.6) is 11.5 Å². The van der Waals surface area contributed by atoms with Gasteiger partial charge in [-0.15, -0.1) is 0 Å². The van der Waals surface area contributed by atoms with Crippen LogP contribution in [0.4, 0.5) is 0 Å². The summed E-state index contributed by atoms with van der Waals surface area (Å²) in [5.74, 6) is 1.54. The van der Waals surface area contributed by atoms with Crippen LogP contribution in [0.1, 0.15) is 37.4 Å². The van der Waals surface area contributed by atoms with E-state index in [1.807, 2.05) is 36.4 Å². The van der Waals surface area contributed by atoms with Gasteiger partial charge in [-0.1, -0.05) is 44.2 Å². The second kappa shape index (κ2) is 5.30. The first-order valence-corrected chi connectivity index (χ1v) is 8.05. The lowest BCUT2D eigenvalue weighted by Crippen LogP contribution is -2.43. The van der Waals surface area contributed by atoms with E-state index in [9.17, 15) is 5.11 Å². The standard InChI is InChI=1S/C19H20N2O2/c1-12(2)19-21-16(14-8-4-6-10-18(14)23-19)11-15(20-21)13-7-3-5-9-17(13)22/h3-10,12,16,19,22H,11H2,1-2H3/t16-,19-/m0/s1. The van der Waals surface area contributed by atoms with E-state index in [1.54, 1.807) is 6.07 Å². The van der Waals surface area contributed by atoms with Crippen LogP contribution in [0, 0.1) is 5.92 Å². The summed E-state index contributed by atoms with van der Waals surface area (Å²) in [5.41, 5.74) is 2.89. The lowest BCUT2D eigenvalue weighted by Gasteiger charge is -2.39. The molecule has 2 aliphatic heterocycles. The molecule has 1 N–H and O–H groups in total. The Kier molecular flexibility index (Phi) is 3.26. The molecule has 2 aromatic rings. The second-order valence-electron chi connectivity index (χ2n) is 6.45. The fourth-order valence-electron chi connectivity index (χ4n) is 3.38. The van der Waals surface area contributed by atoms with Crippen LogP contribution in [-0.4, -0.2) is 22.1 Å². The highest BCUT2D eigenvalue weighted by Gasteiger charge is 2.41. The molecule has 2 aromatic carbocycles. The van der Waals surface area contributed by atoms with Crippen LogP contribution in [0.15, 0.2) is 53.6 Å². The molecule has 4 nitrogen and oxygen atoms in total. The molecule has 0 aromatic heterocycles. The maximum atomic E-state index is 10.1. The molecule has 23 heavy (non-hydrogen) atoms. The number of phenolic OH excluding ortho intramolecular Hbond substituents is 1. The average molecular weight is 308 g/mol. The van der Waals surface area contributed by atoms with Crippen LogP contribution in [0.3, 0.4) is 0 Å². The summed E-state index contributed by atoms with van der Waals surface area (Å²) < 4.78 is 6.18. The molecule has 0 saturated carbocycles. The van der Waals surface area contributed by atoms with E-state index in [0.29, 0.717) is 5.92 Å². The summed E-state index contributed by atoms with van der Waals surface area (Å²) >= 11 is 0. The smallest absolute Gasteiger partial charge is 0.190 e. The van der Waals surface area contributed by atoms with Gasteiger partial charge in [0.05, 0.1) is 11.8 Å². The number of hydrogen-bond donors (Lipinski definition) is 1. The van der Waals surface area contributed by atoms with Crippen LogP contribution in [0.25, 0.3) is 0 Å². The van der Waals surface area contributed by atoms with Gasteiger partial charge in [0.25, 0.3) is 0 Å². The van der Waals surface area contributed by atoms with Crippen molar-refractivity contribution in [2.24, 2.45) is 11.0 Å². The Hall–Kier alpha value is -2.49. The zero-order valence-corrected chi connectivity index (χ0v) is 13.3. The fourth-order valence-corrected chi connectivity index (χ4v) is 3.38. The van der Waals surface area contributed by atoms with Gasteiger partial charge in [-0.05, 0) is 18.2 Å². The van der Waals surface area contributed by atoms with E-state index in [2.05, 4.69) is 24.9 Å². The van der Waals surface area contributed by atoms with Crippen molar-refractivity contribution in [1.29, 1.82) is 0 Å². The van der Waals surface area contributed by atoms with E-state index in [0.717, 1.165) is 23.4 Å². The highest BCUT2D eigenvalue weighted by Crippen LogP contribution is 2.44. The lowest BCUT2D eigenvalue weighted by atomic mass is 9.95. The van der Waals surface area contributed by atoms with Crippen molar-refractivity contribution in [3.8, 4) is 11.5 Å². The molecule has 2 aliphatic rings. The van der Waals surface area contributed by atoms with Gasteiger partial charge in [-0.2, -0.15) is 5.10 Å². The quantitative estimate of drug-likeness (QED) is 0.914. The summed E-state index contributed by atoms with van der Waals surface area (Å²) in [5, 5.41) is 17.0. The second-order valence-corrected chi connectivity index (χ2v) is 6.45. The first-order chi connectivity index (χ1) is 11.1. The number of ether oxygens (including phenoxy) is 1. The first kappa shape index (κ1) is 14.1. The Morgan fingerprint density at radius 2 is 1.87 bits per heavy atom. The van der Waals surface area contributed by atoms with Gasteiger partial charge in [0.15, 0.2) is 6.23 Å². The number of rotatable bonds is 2. The average Bonchev–Trinajstić information content (AvgIpc) is 2.99. The third-order valence-electron chi connectivity index (χ3n) is 4.51. The van der Waals surface area contributed by atoms with Crippen LogP contribution in [0.2, 0.25) is 0 Å². The van der Waals surface area contributed by atoms with Crippen molar-refractivity contribution in [3.63, 3.8) is 0 Å². The number of phenols is 1. The summed E-state index contributed by atoms with van der Waals surface area (Å²) in [4.78, 5) is 0. The topological polar surface area (TPSA) is 45.1 Å². The van der Waals surface area contributed by atoms with Crippen molar-refractivity contribution in [2.45, 2.75) is 32.5 Å². The number of hydrogen-bond acceptors (Lipinski definition) is 4. The van der Waals surface area contributed by atoms with Crippen LogP contribution in [-0.2, 0) is 0 Å². The molecule has 0 saturated heterocycles. The van der Waals surface area contributed by atoms with Crippen LogP contribution >= 0.6 is 0 Å². The van der Waals surface area contributed by atoms with E-state index in [-0.39, 0.29) is 18.0 Å². The minimum atomic E-state index is -0.0849. The molecule has 2 heterocycles. The van der Waals surface area contributed by atoms with Crippen molar-refractivity contribution in [1.82, 2.24) is 5.01 Å². The van der Waals surface area contributed by atoms with Gasteiger partial charge in [0.2, 0.25) is 0 Å². The monoisotopic (exact) mass is 308 g/mol. The molecule has 4 heteroatoms. The van der Waals surface area contributed by atoms with Crippen molar-refractivity contribution < 1.29 is 9.84 Å². The number of aromatic hydroxyl groups is 1. The first-order valence-electron chi connectivity index (χ1n) is 8.05. The molecule has 0 bridgehead atoms. The minimum absolute atomic E-state index is 0.0849. The third kappa shape index (κ3) is 2.25. The Labute approximate surface area is 136 Å². The van der Waals surface area contributed by atoms with Crippen molar-refractivity contribution in [2.75, 3.05) is 0 Å². The molecule has 0 unspecified atom stereocenters. The maximum absolute atomic E-state index is 10.1. The van der Waals surface area contributed by atoms with Gasteiger partial charge in [0.1, 0.15) is 11.5 Å². The predicted octanol–water partition coefficient (Wildman–Crippen LogP) is 3.92. The van der Waals surface area contributed by atoms with E-state index < -0.39 is 0 Å². The van der Waals surface area contributed by atoms with Gasteiger partial charge >= 0.3 is 0 Å². The molecular formula is C19H20N2O2. The Morgan fingerprint density at radius 3 is 2.65 bits per heavy atom. The fraction of sp³-hybridized carbons (Fsp3) is 0.316. The zero-order valence-electron chi connectivity index (χ0n) is 13.3. The number of nitrogens with zero attached hydrogens (tertiary/aromatic N) is 2. The molecule has 2 atom stereocenters. The van der Waals surface area contributed by atoms with Crippen LogP contribution < -0.4 is 4.74 Å². The third-order valence-corrected chi connectivity index (χ3v) is 4.51. The lowest BCUT2D eigenvalue weighted by molar-refractivity contribution is -0.0461. The highest BCUT2D eigenvalue weighted by molar-refractivity contribution is 6.04. The molecule has 0 fully saturated rings. The Balaban J connectivity index is 1.77. The molecule has 0 amide bonds. The molecule has 0 aliphatic carbocycles. The molecule has 4 rings (SSSR count). The number of hydrazone groups is 1. The van der Waals surface area contributed by atoms with Crippen molar-refractivity contribution >= 4 is 5.71 Å². The zero-order chi connectivity index (χ0) is 16.0. The maximum Gasteiger partial charge on any atom is 0.190 e. The largest absolute Gasteiger partial charge is 0.507 e. The summed E-state index contributed by atoms with van der Waals surface area (Å²) in [6.45, 7) is 4.28. The van der Waals surface area contributed by atoms with Gasteiger partial charge < -0.3 is 9.84 Å². The van der Waals surface area contributed by atoms with Gasteiger partial charge in [-0.3, -0.25) is 0 Å². The summed E-state index contributed by atoms with van der Waals surface area (Å²) in [6, 6.07) is 15.7. The SMILES string of the molecule is CC(C)[C@@H]1Oc2ccccc2[C@@H]2CC(c3ccccc3O)=NN21. The van der Waals surface area contributed by atoms with E-state index in [4.69, 9.17) is 9.84 Å².